The normalized spacial score (nSPS) is 17.4. The van der Waals surface area contributed by atoms with Gasteiger partial charge in [0.25, 0.3) is 0 Å². The Morgan fingerprint density at radius 1 is 1.24 bits per heavy atom. The minimum absolute atomic E-state index is 0. The summed E-state index contributed by atoms with van der Waals surface area (Å²) in [4.78, 5) is 4.43. The molecule has 2 heterocycles. The third kappa shape index (κ3) is 3.67. The fourth-order valence-corrected chi connectivity index (χ4v) is 3.24. The van der Waals surface area contributed by atoms with Crippen LogP contribution in [0, 0.1) is 5.41 Å². The second-order valence-corrected chi connectivity index (χ2v) is 6.34. The maximum atomic E-state index is 5.99. The molecule has 0 unspecified atom stereocenters. The van der Waals surface area contributed by atoms with Crippen molar-refractivity contribution in [2.24, 2.45) is 11.1 Å². The third-order valence-electron chi connectivity index (χ3n) is 4.14. The lowest BCUT2D eigenvalue weighted by molar-refractivity contribution is 0.177. The van der Waals surface area contributed by atoms with Crippen LogP contribution in [0.25, 0.3) is 11.6 Å². The van der Waals surface area contributed by atoms with Gasteiger partial charge in [-0.2, -0.15) is 4.98 Å². The smallest absolute Gasteiger partial charge is 0.238 e. The van der Waals surface area contributed by atoms with Crippen LogP contribution in [0.3, 0.4) is 0 Å². The van der Waals surface area contributed by atoms with Crippen LogP contribution >= 0.6 is 28.3 Å². The van der Waals surface area contributed by atoms with Crippen molar-refractivity contribution in [1.29, 1.82) is 0 Å². The summed E-state index contributed by atoms with van der Waals surface area (Å²) in [6, 6.07) is 3.63. The van der Waals surface area contributed by atoms with Crippen molar-refractivity contribution < 1.29 is 8.94 Å². The Kier molecular flexibility index (Phi) is 5.46. The monoisotopic (exact) mass is 375 g/mol. The average molecular weight is 377 g/mol. The fraction of sp³-hybridized carbons (Fsp3) is 0.571. The molecule has 21 heavy (non-hydrogen) atoms. The second kappa shape index (κ2) is 6.94. The van der Waals surface area contributed by atoms with Gasteiger partial charge in [0, 0.05) is 6.42 Å². The fourth-order valence-electron chi connectivity index (χ4n) is 2.94. The van der Waals surface area contributed by atoms with E-state index >= 15 is 0 Å². The molecule has 5 nitrogen and oxygen atoms in total. The number of aromatic nitrogens is 2. The summed E-state index contributed by atoms with van der Waals surface area (Å²) in [6.45, 7) is 0.678. The van der Waals surface area contributed by atoms with Crippen molar-refractivity contribution in [1.82, 2.24) is 10.1 Å². The Balaban J connectivity index is 0.00000161. The van der Waals surface area contributed by atoms with Gasteiger partial charge < -0.3 is 14.7 Å². The summed E-state index contributed by atoms with van der Waals surface area (Å²) in [5, 5.41) is 3.99. The van der Waals surface area contributed by atoms with Gasteiger partial charge >= 0.3 is 0 Å². The molecule has 3 rings (SSSR count). The van der Waals surface area contributed by atoms with Gasteiger partial charge in [-0.15, -0.1) is 12.4 Å². The summed E-state index contributed by atoms with van der Waals surface area (Å²) in [5.74, 6) is 1.76. The number of hydrogen-bond donors (Lipinski definition) is 1. The van der Waals surface area contributed by atoms with Gasteiger partial charge in [0.15, 0.2) is 10.4 Å². The molecule has 2 aromatic heterocycles. The molecule has 0 aliphatic heterocycles. The first-order valence-corrected chi connectivity index (χ1v) is 7.78. The maximum absolute atomic E-state index is 5.99. The lowest BCUT2D eigenvalue weighted by Gasteiger charge is -2.34. The summed E-state index contributed by atoms with van der Waals surface area (Å²) in [6.07, 6.45) is 6.84. The quantitative estimate of drug-likeness (QED) is 0.873. The molecule has 1 aliphatic carbocycles. The highest BCUT2D eigenvalue weighted by Gasteiger charge is 2.33. The Morgan fingerprint density at radius 2 is 2.00 bits per heavy atom. The summed E-state index contributed by atoms with van der Waals surface area (Å²) < 4.78 is 11.5. The lowest BCUT2D eigenvalue weighted by atomic mass is 9.72. The first-order chi connectivity index (χ1) is 9.71. The average Bonchev–Trinajstić information content (AvgIpc) is 3.09. The van der Waals surface area contributed by atoms with E-state index in [0.29, 0.717) is 28.7 Å². The molecule has 2 N–H and O–H groups in total. The highest BCUT2D eigenvalue weighted by Crippen LogP contribution is 2.38. The molecule has 0 radical (unpaired) electrons. The number of nitrogens with zero attached hydrogens (tertiary/aromatic N) is 2. The zero-order valence-corrected chi connectivity index (χ0v) is 14.1. The maximum Gasteiger partial charge on any atom is 0.238 e. The molecule has 0 atom stereocenters. The standard InChI is InChI=1S/C14H18BrN3O2.ClH/c15-11-5-4-10(19-11)13-17-12(20-18-13)8-14(9-16)6-2-1-3-7-14;/h4-5H,1-3,6-9,16H2;1H. The number of halogens is 2. The van der Waals surface area contributed by atoms with E-state index in [2.05, 4.69) is 26.1 Å². The zero-order chi connectivity index (χ0) is 14.0. The van der Waals surface area contributed by atoms with E-state index in [-0.39, 0.29) is 17.8 Å². The second-order valence-electron chi connectivity index (χ2n) is 5.56. The summed E-state index contributed by atoms with van der Waals surface area (Å²) in [5.41, 5.74) is 6.12. The molecule has 1 fully saturated rings. The van der Waals surface area contributed by atoms with Crippen LogP contribution in [0.1, 0.15) is 38.0 Å². The van der Waals surface area contributed by atoms with Gasteiger partial charge in [-0.3, -0.25) is 0 Å². The van der Waals surface area contributed by atoms with Crippen LogP contribution in [0.4, 0.5) is 0 Å². The van der Waals surface area contributed by atoms with E-state index in [1.807, 2.05) is 12.1 Å². The van der Waals surface area contributed by atoms with Crippen molar-refractivity contribution in [2.45, 2.75) is 38.5 Å². The summed E-state index contributed by atoms with van der Waals surface area (Å²) in [7, 11) is 0. The van der Waals surface area contributed by atoms with Gasteiger partial charge in [-0.1, -0.05) is 24.4 Å². The van der Waals surface area contributed by atoms with Crippen molar-refractivity contribution in [2.75, 3.05) is 6.54 Å². The number of hydrogen-bond acceptors (Lipinski definition) is 5. The Bertz CT molecular complexity index is 578. The van der Waals surface area contributed by atoms with Gasteiger partial charge in [0.05, 0.1) is 0 Å². The predicted molar refractivity (Wildman–Crippen MR) is 85.2 cm³/mol. The molecular weight excluding hydrogens is 358 g/mol. The van der Waals surface area contributed by atoms with Gasteiger partial charge in [-0.25, -0.2) is 0 Å². The van der Waals surface area contributed by atoms with Crippen LogP contribution in [0.2, 0.25) is 0 Å². The molecular formula is C14H19BrClN3O2. The van der Waals surface area contributed by atoms with Gasteiger partial charge in [-0.05, 0) is 52.9 Å². The van der Waals surface area contributed by atoms with E-state index in [4.69, 9.17) is 14.7 Å². The van der Waals surface area contributed by atoms with Crippen molar-refractivity contribution in [3.63, 3.8) is 0 Å². The molecule has 0 bridgehead atoms. The summed E-state index contributed by atoms with van der Waals surface area (Å²) >= 11 is 3.27. The molecule has 0 amide bonds. The predicted octanol–water partition coefficient (Wildman–Crippen LogP) is 3.97. The largest absolute Gasteiger partial charge is 0.446 e. The van der Waals surface area contributed by atoms with Crippen LogP contribution in [-0.2, 0) is 6.42 Å². The first kappa shape index (κ1) is 16.5. The van der Waals surface area contributed by atoms with Gasteiger partial charge in [0.2, 0.25) is 11.7 Å². The lowest BCUT2D eigenvalue weighted by Crippen LogP contribution is -2.35. The van der Waals surface area contributed by atoms with Crippen molar-refractivity contribution in [3.05, 3.63) is 22.7 Å². The van der Waals surface area contributed by atoms with Crippen molar-refractivity contribution in [3.8, 4) is 11.6 Å². The van der Waals surface area contributed by atoms with Crippen LogP contribution in [0.5, 0.6) is 0 Å². The molecule has 7 heteroatoms. The van der Waals surface area contributed by atoms with E-state index in [9.17, 15) is 0 Å². The van der Waals surface area contributed by atoms with E-state index in [0.717, 1.165) is 19.3 Å². The number of furan rings is 1. The Morgan fingerprint density at radius 3 is 2.62 bits per heavy atom. The molecule has 0 saturated heterocycles. The first-order valence-electron chi connectivity index (χ1n) is 6.99. The Hall–Kier alpha value is -0.850. The molecule has 0 spiro atoms. The topological polar surface area (TPSA) is 78.1 Å². The highest BCUT2D eigenvalue weighted by molar-refractivity contribution is 9.10. The minimum Gasteiger partial charge on any atom is -0.446 e. The molecule has 2 aromatic rings. The van der Waals surface area contributed by atoms with E-state index in [1.54, 1.807) is 0 Å². The third-order valence-corrected chi connectivity index (χ3v) is 4.56. The molecule has 0 aromatic carbocycles. The van der Waals surface area contributed by atoms with Crippen molar-refractivity contribution >= 4 is 28.3 Å². The molecule has 1 saturated carbocycles. The number of nitrogens with two attached hydrogens (primary N) is 1. The zero-order valence-electron chi connectivity index (χ0n) is 11.7. The SMILES string of the molecule is Cl.NCC1(Cc2nc(-c3ccc(Br)o3)no2)CCCCC1. The van der Waals surface area contributed by atoms with Gasteiger partial charge in [0.1, 0.15) is 0 Å². The number of rotatable bonds is 4. The Labute approximate surface area is 138 Å². The van der Waals surface area contributed by atoms with Crippen LogP contribution in [0.15, 0.2) is 25.7 Å². The molecule has 1 aliphatic rings. The van der Waals surface area contributed by atoms with Crippen LogP contribution < -0.4 is 5.73 Å². The highest BCUT2D eigenvalue weighted by atomic mass is 79.9. The van der Waals surface area contributed by atoms with E-state index < -0.39 is 0 Å². The van der Waals surface area contributed by atoms with Crippen LogP contribution in [-0.4, -0.2) is 16.7 Å². The molecule has 116 valence electrons. The minimum atomic E-state index is 0. The van der Waals surface area contributed by atoms with E-state index in [1.165, 1.54) is 19.3 Å².